The van der Waals surface area contributed by atoms with Crippen LogP contribution in [0.15, 0.2) is 5.38 Å². The highest BCUT2D eigenvalue weighted by atomic mass is 35.5. The lowest BCUT2D eigenvalue weighted by Crippen LogP contribution is -2.27. The Bertz CT molecular complexity index is 387. The minimum Gasteiger partial charge on any atom is -0.444 e. The number of ether oxygens (including phenoxy) is 1. The van der Waals surface area contributed by atoms with Gasteiger partial charge in [0.05, 0.1) is 5.69 Å². The molecule has 0 bridgehead atoms. The van der Waals surface area contributed by atoms with E-state index in [0.29, 0.717) is 15.6 Å². The zero-order valence-corrected chi connectivity index (χ0v) is 10.8. The molecule has 0 aliphatic rings. The number of amides is 1. The average Bonchev–Trinajstić information content (AvgIpc) is 2.44. The number of anilines is 1. The predicted molar refractivity (Wildman–Crippen MR) is 64.0 cm³/mol. The molecule has 0 atom stereocenters. The number of hydrogen-bond donors (Lipinski definition) is 1. The Morgan fingerprint density at radius 2 is 2.25 bits per heavy atom. The molecule has 6 heteroatoms. The van der Waals surface area contributed by atoms with Crippen LogP contribution in [0.25, 0.3) is 0 Å². The molecule has 0 radical (unpaired) electrons. The summed E-state index contributed by atoms with van der Waals surface area (Å²) in [5, 5.41) is 4.01. The smallest absolute Gasteiger partial charge is 0.412 e. The molecule has 0 saturated heterocycles. The summed E-state index contributed by atoms with van der Waals surface area (Å²) in [5.74, 6) is 0. The van der Waals surface area contributed by atoms with Crippen LogP contribution >= 0.6 is 22.9 Å². The molecule has 90 valence electrons. The molecule has 0 saturated carbocycles. The second kappa shape index (κ2) is 5.01. The first-order chi connectivity index (χ1) is 7.33. The first kappa shape index (κ1) is 13.3. The van der Waals surface area contributed by atoms with Crippen molar-refractivity contribution in [2.45, 2.75) is 33.0 Å². The molecule has 1 N–H and O–H groups in total. The first-order valence-corrected chi connectivity index (χ1v) is 5.91. The van der Waals surface area contributed by atoms with Gasteiger partial charge in [-0.25, -0.2) is 9.18 Å². The summed E-state index contributed by atoms with van der Waals surface area (Å²) in [6.07, 6.45) is -0.637. The number of hydrogen-bond acceptors (Lipinski definition) is 3. The Balaban J connectivity index is 2.73. The minimum absolute atomic E-state index is 0.295. The highest BCUT2D eigenvalue weighted by Gasteiger charge is 2.19. The van der Waals surface area contributed by atoms with E-state index in [-0.39, 0.29) is 0 Å². The third kappa shape index (κ3) is 3.64. The van der Waals surface area contributed by atoms with Gasteiger partial charge in [0.15, 0.2) is 0 Å². The van der Waals surface area contributed by atoms with Crippen molar-refractivity contribution in [1.82, 2.24) is 0 Å². The van der Waals surface area contributed by atoms with Gasteiger partial charge in [0.2, 0.25) is 0 Å². The number of thiophene rings is 1. The molecule has 0 spiro atoms. The molecule has 16 heavy (non-hydrogen) atoms. The van der Waals surface area contributed by atoms with Crippen molar-refractivity contribution in [3.63, 3.8) is 0 Å². The van der Waals surface area contributed by atoms with Gasteiger partial charge in [-0.05, 0) is 20.8 Å². The van der Waals surface area contributed by atoms with Gasteiger partial charge in [-0.15, -0.1) is 11.3 Å². The van der Waals surface area contributed by atoms with E-state index in [1.165, 1.54) is 11.3 Å². The molecule has 1 aromatic heterocycles. The van der Waals surface area contributed by atoms with Crippen LogP contribution in [0.5, 0.6) is 0 Å². The molecule has 1 aromatic rings. The minimum atomic E-state index is -0.672. The number of nitrogens with one attached hydrogen (secondary N) is 1. The van der Waals surface area contributed by atoms with Gasteiger partial charge in [0.1, 0.15) is 16.6 Å². The lowest BCUT2D eigenvalue weighted by atomic mass is 10.2. The molecule has 0 aliphatic heterocycles. The zero-order valence-electron chi connectivity index (χ0n) is 9.27. The molecule has 3 nitrogen and oxygen atoms in total. The molecular formula is C10H13ClFNO2S. The maximum atomic E-state index is 12.5. The standard InChI is InChI=1S/C10H13ClFNO2S/c1-10(2,3)15-9(14)13-7-6(4-12)5-16-8(7)11/h5H,4H2,1-3H3,(H,13,14). The largest absolute Gasteiger partial charge is 0.444 e. The van der Waals surface area contributed by atoms with Crippen molar-refractivity contribution in [3.8, 4) is 0 Å². The fourth-order valence-electron chi connectivity index (χ4n) is 1.00. The molecule has 0 aliphatic carbocycles. The molecule has 0 aromatic carbocycles. The predicted octanol–water partition coefficient (Wildman–Crippen LogP) is 4.22. The highest BCUT2D eigenvalue weighted by molar-refractivity contribution is 7.15. The number of carbonyl (C=O) groups is 1. The Morgan fingerprint density at radius 1 is 1.62 bits per heavy atom. The second-order valence-corrected chi connectivity index (χ2v) is 5.65. The fraction of sp³-hybridized carbons (Fsp3) is 0.500. The van der Waals surface area contributed by atoms with Crippen molar-refractivity contribution in [1.29, 1.82) is 0 Å². The van der Waals surface area contributed by atoms with Crippen LogP contribution in [0.2, 0.25) is 4.34 Å². The maximum absolute atomic E-state index is 12.5. The van der Waals surface area contributed by atoms with E-state index in [4.69, 9.17) is 16.3 Å². The van der Waals surface area contributed by atoms with Crippen LogP contribution in [0.1, 0.15) is 26.3 Å². The Labute approximate surface area is 103 Å². The summed E-state index contributed by atoms with van der Waals surface area (Å²) in [5.41, 5.74) is 0.0620. The topological polar surface area (TPSA) is 38.3 Å². The van der Waals surface area contributed by atoms with Crippen molar-refractivity contribution >= 4 is 34.7 Å². The van der Waals surface area contributed by atoms with Gasteiger partial charge >= 0.3 is 6.09 Å². The van der Waals surface area contributed by atoms with Crippen LogP contribution < -0.4 is 5.32 Å². The molecule has 1 rings (SSSR count). The summed E-state index contributed by atoms with van der Waals surface area (Å²) in [4.78, 5) is 11.4. The van der Waals surface area contributed by atoms with Crippen molar-refractivity contribution in [2.24, 2.45) is 0 Å². The first-order valence-electron chi connectivity index (χ1n) is 4.65. The Hall–Kier alpha value is -0.810. The summed E-state index contributed by atoms with van der Waals surface area (Å²) >= 11 is 6.99. The van der Waals surface area contributed by atoms with E-state index in [9.17, 15) is 9.18 Å². The van der Waals surface area contributed by atoms with Crippen LogP contribution in [0.3, 0.4) is 0 Å². The van der Waals surface area contributed by atoms with Gasteiger partial charge in [-0.2, -0.15) is 0 Å². The molecule has 1 amide bonds. The molecule has 0 fully saturated rings. The van der Waals surface area contributed by atoms with Crippen molar-refractivity contribution in [2.75, 3.05) is 5.32 Å². The van der Waals surface area contributed by atoms with E-state index in [0.717, 1.165) is 0 Å². The van der Waals surface area contributed by atoms with Crippen molar-refractivity contribution < 1.29 is 13.9 Å². The van der Waals surface area contributed by atoms with E-state index in [1.807, 2.05) is 0 Å². The molecule has 0 unspecified atom stereocenters. The van der Waals surface area contributed by atoms with Gasteiger partial charge in [-0.1, -0.05) is 11.6 Å². The number of rotatable bonds is 2. The lowest BCUT2D eigenvalue weighted by molar-refractivity contribution is 0.0636. The third-order valence-electron chi connectivity index (χ3n) is 1.59. The average molecular weight is 266 g/mol. The number of carbonyl (C=O) groups excluding carboxylic acids is 1. The van der Waals surface area contributed by atoms with Gasteiger partial charge in [0.25, 0.3) is 0 Å². The van der Waals surface area contributed by atoms with Crippen molar-refractivity contribution in [3.05, 3.63) is 15.3 Å². The van der Waals surface area contributed by atoms with Crippen LogP contribution in [0, 0.1) is 0 Å². The van der Waals surface area contributed by atoms with Gasteiger partial charge in [-0.3, -0.25) is 5.32 Å². The monoisotopic (exact) mass is 265 g/mol. The lowest BCUT2D eigenvalue weighted by Gasteiger charge is -2.19. The SMILES string of the molecule is CC(C)(C)OC(=O)Nc1c(CF)csc1Cl. The summed E-state index contributed by atoms with van der Waals surface area (Å²) < 4.78 is 17.9. The van der Waals surface area contributed by atoms with E-state index >= 15 is 0 Å². The zero-order chi connectivity index (χ0) is 12.3. The third-order valence-corrected chi connectivity index (χ3v) is 2.86. The van der Waals surface area contributed by atoms with Crippen LogP contribution in [-0.2, 0) is 11.4 Å². The maximum Gasteiger partial charge on any atom is 0.412 e. The van der Waals surface area contributed by atoms with E-state index < -0.39 is 18.4 Å². The summed E-state index contributed by atoms with van der Waals surface area (Å²) in [6.45, 7) is 4.57. The number of halogens is 2. The Kier molecular flexibility index (Phi) is 4.15. The number of alkyl halides is 1. The van der Waals surface area contributed by atoms with Gasteiger partial charge in [0, 0.05) is 10.9 Å². The van der Waals surface area contributed by atoms with E-state index in [2.05, 4.69) is 5.32 Å². The highest BCUT2D eigenvalue weighted by Crippen LogP contribution is 2.33. The Morgan fingerprint density at radius 3 is 2.75 bits per heavy atom. The normalized spacial score (nSPS) is 11.3. The molecule has 1 heterocycles. The molecular weight excluding hydrogens is 253 g/mol. The van der Waals surface area contributed by atoms with E-state index in [1.54, 1.807) is 26.2 Å². The summed E-state index contributed by atoms with van der Waals surface area (Å²) in [7, 11) is 0. The second-order valence-electron chi connectivity index (χ2n) is 4.17. The fourth-order valence-corrected chi connectivity index (χ4v) is 2.03. The quantitative estimate of drug-likeness (QED) is 0.869. The van der Waals surface area contributed by atoms with Crippen LogP contribution in [0.4, 0.5) is 14.9 Å². The van der Waals surface area contributed by atoms with Gasteiger partial charge < -0.3 is 4.74 Å². The van der Waals surface area contributed by atoms with Crippen LogP contribution in [-0.4, -0.2) is 11.7 Å². The summed E-state index contributed by atoms with van der Waals surface area (Å²) in [6, 6.07) is 0.